The number of nitrogens with one attached hydrogen (secondary N) is 6. The van der Waals surface area contributed by atoms with E-state index in [1.54, 1.807) is 12.1 Å². The van der Waals surface area contributed by atoms with Crippen molar-refractivity contribution in [2.75, 3.05) is 13.7 Å². The van der Waals surface area contributed by atoms with E-state index >= 15 is 24.0 Å². The molecule has 8 heterocycles. The molecule has 0 aliphatic carbocycles. The molecule has 8 aliphatic heterocycles. The highest BCUT2D eigenvalue weighted by molar-refractivity contribution is 6.32. The van der Waals surface area contributed by atoms with E-state index in [4.69, 9.17) is 88.9 Å². The first kappa shape index (κ1) is 92.4. The predicted molar refractivity (Wildman–Crippen MR) is 444 cm³/mol. The van der Waals surface area contributed by atoms with Gasteiger partial charge in [0.15, 0.2) is 47.2 Å². The van der Waals surface area contributed by atoms with Crippen LogP contribution in [0.3, 0.4) is 0 Å². The normalized spacial score (nSPS) is 29.9. The number of rotatable bonds is 19. The molecule has 125 heavy (non-hydrogen) atoms. The number of fused-ring (bicyclic) bond motifs is 15. The zero-order chi connectivity index (χ0) is 90.3. The van der Waals surface area contributed by atoms with E-state index in [0.717, 1.165) is 65.2 Å². The highest BCUT2D eigenvalue weighted by Gasteiger charge is 2.54. The molecule has 35 nitrogen and oxygen atoms in total. The van der Waals surface area contributed by atoms with Crippen LogP contribution in [0.15, 0.2) is 127 Å². The van der Waals surface area contributed by atoms with Crippen LogP contribution in [0.1, 0.15) is 137 Å². The Labute approximate surface area is 730 Å². The van der Waals surface area contributed by atoms with E-state index in [2.05, 4.69) is 31.9 Å². The van der Waals surface area contributed by atoms with Crippen molar-refractivity contribution in [3.63, 3.8) is 0 Å². The standard InChI is InChI=1S/C87H97Cl3N8O27/c1-36(2)22-55(93-7)81(113)98-70-71(106)43-15-20-60(52(89)24-43)119-62-26-45-27-63(75(62)123-84-76(73(108)72(107)64(35-99)121-84)124-85-118-38(4)78(110)87(6,125-85)94-34-39-8-10-40(11-9-39)41-12-17-46(88)18-13-41)120-61-21-16-44(25-53(61)90)74(122-66-33-86(5,92)77(109)37(3)117-66)51-31-59(104)68(96-79(111)48(45)30-57(102)54(32-65(91)105)95-82(70)114)42-14-19-56(101)49(23-42)67-50(28-47(100)29-58(67)103)69(83(115)116)97-80(51)112/h8-21,23-29,36-38,48,51,54-55,64,66,68-74,76-78,84-85,93-94,99-101,103,106-110H,22,30-35,92H2,1-7H3,(H2,91,105)(H,95,114)(H,96,111)(H,97,112)(H,98,113)(H,115,116)/t37-,38-,48+,51-,54-,55+,64+,66-,68+,69-,70+,71+,72+,73-,74+,76+,77-,78-,84-,85-,86-,87-/m0/s1. The summed E-state index contributed by atoms with van der Waals surface area (Å²) >= 11 is 20.9. The van der Waals surface area contributed by atoms with Crippen molar-refractivity contribution >= 4 is 81.9 Å². The fraction of sp³-hybridized carbons (Fsp3) is 0.425. The number of carbonyl (C=O) groups is 8. The summed E-state index contributed by atoms with van der Waals surface area (Å²) in [5.74, 6) is -19.3. The van der Waals surface area contributed by atoms with Gasteiger partial charge in [0, 0.05) is 59.1 Å². The summed E-state index contributed by atoms with van der Waals surface area (Å²) in [5, 5.41) is 133. The molecule has 7 aromatic rings. The maximum atomic E-state index is 16.6. The summed E-state index contributed by atoms with van der Waals surface area (Å²) in [7, 11) is 1.48. The number of aromatic hydroxyl groups is 3. The number of ketones is 2. The van der Waals surface area contributed by atoms with Crippen LogP contribution >= 0.6 is 34.8 Å². The first-order valence-corrected chi connectivity index (χ1v) is 41.3. The molecule has 0 unspecified atom stereocenters. The maximum Gasteiger partial charge on any atom is 0.330 e. The molecule has 0 spiro atoms. The number of carbonyl (C=O) groups excluding carboxylic acids is 7. The quantitative estimate of drug-likeness (QED) is 0.0440. The van der Waals surface area contributed by atoms with Gasteiger partial charge in [-0.25, -0.2) is 4.79 Å². The number of phenols is 3. The number of aliphatic hydroxyl groups excluding tert-OH is 6. The van der Waals surface area contributed by atoms with E-state index in [1.807, 2.05) is 50.2 Å². The third kappa shape index (κ3) is 20.3. The van der Waals surface area contributed by atoms with E-state index in [1.165, 1.54) is 65.1 Å². The van der Waals surface area contributed by atoms with Crippen molar-refractivity contribution in [3.05, 3.63) is 176 Å². The number of aliphatic hydroxyl groups is 6. The van der Waals surface area contributed by atoms with Crippen LogP contribution < -0.4 is 57.6 Å². The van der Waals surface area contributed by atoms with Gasteiger partial charge in [-0.2, -0.15) is 0 Å². The van der Waals surface area contributed by atoms with Crippen molar-refractivity contribution in [2.24, 2.45) is 23.3 Å². The van der Waals surface area contributed by atoms with Gasteiger partial charge in [-0.15, -0.1) is 0 Å². The first-order valence-electron chi connectivity index (χ1n) is 40.2. The largest absolute Gasteiger partial charge is 0.508 e. The van der Waals surface area contributed by atoms with Crippen LogP contribution in [0.5, 0.6) is 46.0 Å². The number of carboxylic acids is 1. The average Bonchev–Trinajstić information content (AvgIpc) is 0.763. The summed E-state index contributed by atoms with van der Waals surface area (Å²) in [6.07, 6.45) is -23.9. The van der Waals surface area contributed by atoms with Gasteiger partial charge in [0.2, 0.25) is 41.6 Å². The molecule has 7 aromatic carbocycles. The molecule has 0 saturated carbocycles. The second-order valence-corrected chi connectivity index (χ2v) is 34.0. The van der Waals surface area contributed by atoms with Crippen molar-refractivity contribution < 1.29 is 132 Å². The zero-order valence-corrected chi connectivity index (χ0v) is 70.7. The van der Waals surface area contributed by atoms with Crippen LogP contribution in [0.4, 0.5) is 0 Å². The number of hydrogen-bond donors (Lipinski definition) is 18. The van der Waals surface area contributed by atoms with Crippen LogP contribution in [0.25, 0.3) is 22.3 Å². The molecule has 5 amide bonds. The Morgan fingerprint density at radius 3 is 1.92 bits per heavy atom. The summed E-state index contributed by atoms with van der Waals surface area (Å²) in [4.78, 5) is 121. The molecule has 0 aromatic heterocycles. The van der Waals surface area contributed by atoms with Crippen LogP contribution in [-0.2, 0) is 73.3 Å². The lowest BCUT2D eigenvalue weighted by Gasteiger charge is -2.48. The zero-order valence-electron chi connectivity index (χ0n) is 68.4. The Bertz CT molecular complexity index is 5250. The third-order valence-electron chi connectivity index (χ3n) is 23.1. The molecular formula is C87H97Cl3N8O27. The highest BCUT2D eigenvalue weighted by Crippen LogP contribution is 2.52. The summed E-state index contributed by atoms with van der Waals surface area (Å²) < 4.78 is 58.9. The van der Waals surface area contributed by atoms with Crippen LogP contribution in [0.2, 0.25) is 15.1 Å². The second-order valence-electron chi connectivity index (χ2n) is 32.8. The van der Waals surface area contributed by atoms with Gasteiger partial charge >= 0.3 is 5.97 Å². The molecule has 3 fully saturated rings. The third-order valence-corrected chi connectivity index (χ3v) is 23.9. The topological polar surface area (TPSA) is 546 Å². The summed E-state index contributed by atoms with van der Waals surface area (Å²) in [5.41, 5.74) is 9.41. The Balaban J connectivity index is 1.02. The minimum Gasteiger partial charge on any atom is -0.508 e. The number of benzene rings is 7. The molecule has 15 rings (SSSR count). The number of ether oxygens (including phenoxy) is 9. The minimum absolute atomic E-state index is 0.0753. The lowest BCUT2D eigenvalue weighted by molar-refractivity contribution is -0.431. The lowest BCUT2D eigenvalue weighted by atomic mass is 9.83. The molecule has 20 N–H and O–H groups in total. The molecule has 8 aliphatic rings. The number of Topliss-reactive ketones (excluding diaryl/α,β-unsaturated/α-hetero) is 2. The second kappa shape index (κ2) is 38.1. The molecule has 668 valence electrons. The number of hydrogen-bond acceptors (Lipinski definition) is 29. The molecule has 22 atom stereocenters. The first-order chi connectivity index (χ1) is 59.2. The molecular weight excluding hydrogens is 1700 g/mol. The summed E-state index contributed by atoms with van der Waals surface area (Å²) in [6.45, 7) is 6.77. The van der Waals surface area contributed by atoms with Crippen molar-refractivity contribution in [1.29, 1.82) is 0 Å². The number of likely N-dealkylation sites (N-methyl/N-ethyl adjacent to an activating group) is 1. The molecule has 3 saturated heterocycles. The fourth-order valence-corrected chi connectivity index (χ4v) is 16.8. The van der Waals surface area contributed by atoms with E-state index in [9.17, 15) is 65.4 Å². The Kier molecular flexibility index (Phi) is 28.2. The van der Waals surface area contributed by atoms with Gasteiger partial charge in [-0.1, -0.05) is 103 Å². The van der Waals surface area contributed by atoms with Gasteiger partial charge in [0.05, 0.1) is 71.4 Å². The number of aliphatic carboxylic acids is 1. The minimum atomic E-state index is -2.26. The van der Waals surface area contributed by atoms with Crippen LogP contribution in [-0.4, -0.2) is 209 Å². The van der Waals surface area contributed by atoms with Gasteiger partial charge < -0.3 is 132 Å². The molecule has 0 radical (unpaired) electrons. The average molecular weight is 1790 g/mol. The van der Waals surface area contributed by atoms with Gasteiger partial charge in [0.25, 0.3) is 6.48 Å². The monoisotopic (exact) mass is 1790 g/mol. The number of carboxylic acid groups (broad SMARTS) is 1. The Hall–Kier alpha value is -10.2. The highest BCUT2D eigenvalue weighted by atomic mass is 35.5. The smallest absolute Gasteiger partial charge is 0.330 e. The number of primary amides is 1. The Morgan fingerprint density at radius 1 is 0.672 bits per heavy atom. The predicted octanol–water partition coefficient (Wildman–Crippen LogP) is 6.01. The van der Waals surface area contributed by atoms with Crippen LogP contribution in [0, 0.1) is 11.8 Å². The number of phenolic OH excluding ortho intramolecular Hbond substituents is 3. The number of amides is 5. The van der Waals surface area contributed by atoms with E-state index < -0.39 is 263 Å². The Morgan fingerprint density at radius 2 is 1.30 bits per heavy atom. The maximum absolute atomic E-state index is 16.6. The van der Waals surface area contributed by atoms with Crippen molar-refractivity contribution in [3.8, 4) is 68.2 Å². The van der Waals surface area contributed by atoms with Gasteiger partial charge in [0.1, 0.15) is 71.4 Å². The van der Waals surface area contributed by atoms with E-state index in [-0.39, 0.29) is 64.1 Å². The van der Waals surface area contributed by atoms with E-state index in [0.29, 0.717) is 5.02 Å². The SMILES string of the molecule is CN[C@H](CC(C)C)C(=O)N[C@H]1C(=O)N[C@@H](CC(N)=O)C(=O)C[C@H]2C(=O)N[C@H]3C(=O)C[C@H](C(=O)N[C@H](C(=O)O)c4cc(O)cc(O)c4-c4cc3ccc4O)[C@H](O[C@H]3C[C@](C)(N)[C@@H](O)[C@H](C)O3)c3ccc(c(Cl)c3)Oc3cc2cc(c3O[C@@H]2O[C@H](CO)[C@@H](O)[C@H](O)[C@H]2O[C@@H]2O[C@@H](C)[C@H](O)[C@@](C)(NCc3ccc(-c4ccc(Cl)cc4)cc3)O2)Oc2ccc(cc2Cl)[C@H]1O. The van der Waals surface area contributed by atoms with Gasteiger partial charge in [-0.3, -0.25) is 38.9 Å². The fourth-order valence-electron chi connectivity index (χ4n) is 16.2. The number of nitrogens with two attached hydrogens (primary N) is 2. The number of halogens is 3. The van der Waals surface area contributed by atoms with Gasteiger partial charge in [-0.05, 0) is 153 Å². The molecule has 11 bridgehead atoms. The van der Waals surface area contributed by atoms with Crippen molar-refractivity contribution in [1.82, 2.24) is 31.9 Å². The van der Waals surface area contributed by atoms with Crippen molar-refractivity contribution in [2.45, 2.75) is 208 Å². The lowest BCUT2D eigenvalue weighted by Crippen LogP contribution is -2.66. The summed E-state index contributed by atoms with van der Waals surface area (Å²) in [6, 6.07) is 19.7. The molecule has 38 heteroatoms.